The summed E-state index contributed by atoms with van der Waals surface area (Å²) in [6.07, 6.45) is 3.83. The van der Waals surface area contributed by atoms with Gasteiger partial charge in [0.25, 0.3) is 0 Å². The summed E-state index contributed by atoms with van der Waals surface area (Å²) in [5.74, 6) is 0. The monoisotopic (exact) mass is 212 g/mol. The molecule has 1 aromatic rings. The van der Waals surface area contributed by atoms with Gasteiger partial charge >= 0.3 is 0 Å². The van der Waals surface area contributed by atoms with Crippen LogP contribution in [-0.2, 0) is 18.3 Å². The maximum Gasteiger partial charge on any atom is 0.0947 e. The van der Waals surface area contributed by atoms with Gasteiger partial charge in [-0.1, -0.05) is 0 Å². The van der Waals surface area contributed by atoms with Crippen LogP contribution in [0.3, 0.4) is 0 Å². The van der Waals surface area contributed by atoms with Crippen LogP contribution in [0.15, 0.2) is 12.5 Å². The maximum absolute atomic E-state index is 4.92. The lowest BCUT2D eigenvalue weighted by Gasteiger charge is -2.04. The van der Waals surface area contributed by atoms with Crippen LogP contribution in [0.5, 0.6) is 0 Å². The minimum Gasteiger partial charge on any atom is -0.383 e. The van der Waals surface area contributed by atoms with Crippen molar-refractivity contribution in [3.63, 3.8) is 0 Å². The molecular weight excluding hydrogens is 192 g/mol. The van der Waals surface area contributed by atoms with E-state index >= 15 is 0 Å². The summed E-state index contributed by atoms with van der Waals surface area (Å²) in [6, 6.07) is 0. The highest BCUT2D eigenvalue weighted by atomic mass is 16.5. The molecule has 0 atom stereocenters. The average molecular weight is 212 g/mol. The minimum atomic E-state index is 0.764. The number of nitrogens with zero attached hydrogens (tertiary/aromatic N) is 2. The lowest BCUT2D eigenvalue weighted by Crippen LogP contribution is -2.29. The van der Waals surface area contributed by atoms with Gasteiger partial charge in [0.05, 0.1) is 18.6 Å². The zero-order valence-electron chi connectivity index (χ0n) is 9.49. The quantitative estimate of drug-likeness (QED) is 0.583. The van der Waals surface area contributed by atoms with Crippen molar-refractivity contribution in [1.29, 1.82) is 0 Å². The Bertz CT molecular complexity index is 262. The molecule has 5 heteroatoms. The van der Waals surface area contributed by atoms with E-state index in [-0.39, 0.29) is 0 Å². The molecule has 0 aromatic carbocycles. The molecule has 0 amide bonds. The number of hydrogen-bond donors (Lipinski definition) is 2. The Hall–Kier alpha value is -0.910. The van der Waals surface area contributed by atoms with E-state index in [1.807, 2.05) is 24.1 Å². The van der Waals surface area contributed by atoms with Gasteiger partial charge in [0.15, 0.2) is 0 Å². The van der Waals surface area contributed by atoms with E-state index in [0.29, 0.717) is 0 Å². The largest absolute Gasteiger partial charge is 0.383 e. The number of imidazole rings is 1. The van der Waals surface area contributed by atoms with Crippen molar-refractivity contribution in [2.24, 2.45) is 7.05 Å². The van der Waals surface area contributed by atoms with E-state index in [1.165, 1.54) is 0 Å². The predicted molar refractivity (Wildman–Crippen MR) is 59.7 cm³/mol. The standard InChI is InChI=1S/C10H20N4O/c1-14-8-10(13-9-14)7-12-4-3-11-5-6-15-2/h8-9,11-12H,3-7H2,1-2H3. The first-order valence-corrected chi connectivity index (χ1v) is 5.20. The Morgan fingerprint density at radius 3 is 2.80 bits per heavy atom. The Kier molecular flexibility index (Phi) is 5.99. The number of ether oxygens (including phenoxy) is 1. The van der Waals surface area contributed by atoms with Crippen LogP contribution in [0.25, 0.3) is 0 Å². The van der Waals surface area contributed by atoms with Crippen LogP contribution in [0.1, 0.15) is 5.69 Å². The molecule has 0 aliphatic rings. The third-order valence-corrected chi connectivity index (χ3v) is 2.03. The van der Waals surface area contributed by atoms with Crippen molar-refractivity contribution in [1.82, 2.24) is 20.2 Å². The average Bonchev–Trinajstić information content (AvgIpc) is 2.63. The molecule has 0 saturated heterocycles. The van der Waals surface area contributed by atoms with Gasteiger partial charge < -0.3 is 19.9 Å². The van der Waals surface area contributed by atoms with Crippen LogP contribution in [0.4, 0.5) is 0 Å². The zero-order chi connectivity index (χ0) is 10.9. The third kappa shape index (κ3) is 5.51. The molecule has 1 heterocycles. The van der Waals surface area contributed by atoms with Gasteiger partial charge in [-0.25, -0.2) is 4.98 Å². The predicted octanol–water partition coefficient (Wildman–Crippen LogP) is -0.254. The van der Waals surface area contributed by atoms with E-state index in [0.717, 1.165) is 38.5 Å². The smallest absolute Gasteiger partial charge is 0.0947 e. The lowest BCUT2D eigenvalue weighted by molar-refractivity contribution is 0.199. The van der Waals surface area contributed by atoms with Crippen molar-refractivity contribution >= 4 is 0 Å². The second-order valence-corrected chi connectivity index (χ2v) is 3.45. The van der Waals surface area contributed by atoms with Gasteiger partial charge in [0, 0.05) is 46.5 Å². The third-order valence-electron chi connectivity index (χ3n) is 2.03. The van der Waals surface area contributed by atoms with Crippen molar-refractivity contribution in [3.8, 4) is 0 Å². The molecule has 0 fully saturated rings. The maximum atomic E-state index is 4.92. The zero-order valence-corrected chi connectivity index (χ0v) is 9.49. The van der Waals surface area contributed by atoms with Gasteiger partial charge in [-0.15, -0.1) is 0 Å². The van der Waals surface area contributed by atoms with E-state index in [2.05, 4.69) is 15.6 Å². The SMILES string of the molecule is COCCNCCNCc1cn(C)cn1. The molecule has 0 aliphatic carbocycles. The minimum absolute atomic E-state index is 0.764. The molecule has 15 heavy (non-hydrogen) atoms. The Balaban J connectivity index is 1.93. The van der Waals surface area contributed by atoms with Crippen molar-refractivity contribution < 1.29 is 4.74 Å². The number of rotatable bonds is 8. The number of hydrogen-bond acceptors (Lipinski definition) is 4. The summed E-state index contributed by atoms with van der Waals surface area (Å²) in [7, 11) is 3.68. The lowest BCUT2D eigenvalue weighted by atomic mass is 10.4. The second-order valence-electron chi connectivity index (χ2n) is 3.45. The summed E-state index contributed by atoms with van der Waals surface area (Å²) in [5, 5.41) is 6.58. The fourth-order valence-electron chi connectivity index (χ4n) is 1.25. The van der Waals surface area contributed by atoms with Crippen LogP contribution >= 0.6 is 0 Å². The van der Waals surface area contributed by atoms with E-state index in [9.17, 15) is 0 Å². The van der Waals surface area contributed by atoms with E-state index in [1.54, 1.807) is 7.11 Å². The van der Waals surface area contributed by atoms with Crippen LogP contribution in [0.2, 0.25) is 0 Å². The Labute approximate surface area is 90.8 Å². The van der Waals surface area contributed by atoms with Gasteiger partial charge in [-0.3, -0.25) is 0 Å². The van der Waals surface area contributed by atoms with Gasteiger partial charge in [0.1, 0.15) is 0 Å². The van der Waals surface area contributed by atoms with Gasteiger partial charge in [0.2, 0.25) is 0 Å². The Morgan fingerprint density at radius 2 is 2.13 bits per heavy atom. The van der Waals surface area contributed by atoms with Crippen molar-refractivity contribution in [2.45, 2.75) is 6.54 Å². The van der Waals surface area contributed by atoms with Gasteiger partial charge in [-0.05, 0) is 0 Å². The first-order chi connectivity index (χ1) is 7.33. The fraction of sp³-hybridized carbons (Fsp3) is 0.700. The molecule has 0 aliphatic heterocycles. The van der Waals surface area contributed by atoms with Gasteiger partial charge in [-0.2, -0.15) is 0 Å². The highest BCUT2D eigenvalue weighted by Crippen LogP contribution is 1.91. The van der Waals surface area contributed by atoms with Crippen LogP contribution in [-0.4, -0.2) is 42.9 Å². The first kappa shape index (κ1) is 12.2. The van der Waals surface area contributed by atoms with Crippen molar-refractivity contribution in [2.75, 3.05) is 33.4 Å². The molecule has 0 radical (unpaired) electrons. The van der Waals surface area contributed by atoms with E-state index < -0.39 is 0 Å². The molecular formula is C10H20N4O. The summed E-state index contributed by atoms with van der Waals surface area (Å²) in [4.78, 5) is 4.22. The molecule has 5 nitrogen and oxygen atoms in total. The molecule has 0 spiro atoms. The normalized spacial score (nSPS) is 10.8. The van der Waals surface area contributed by atoms with Crippen LogP contribution in [0, 0.1) is 0 Å². The molecule has 2 N–H and O–H groups in total. The fourth-order valence-corrected chi connectivity index (χ4v) is 1.25. The molecule has 86 valence electrons. The molecule has 0 unspecified atom stereocenters. The summed E-state index contributed by atoms with van der Waals surface area (Å²) >= 11 is 0. The number of nitrogens with one attached hydrogen (secondary N) is 2. The number of methoxy groups -OCH3 is 1. The second kappa shape index (κ2) is 7.39. The first-order valence-electron chi connectivity index (χ1n) is 5.20. The molecule has 0 saturated carbocycles. The molecule has 1 rings (SSSR count). The molecule has 1 aromatic heterocycles. The highest BCUT2D eigenvalue weighted by Gasteiger charge is 1.94. The summed E-state index contributed by atoms with van der Waals surface area (Å²) in [6.45, 7) is 4.39. The van der Waals surface area contributed by atoms with E-state index in [4.69, 9.17) is 4.74 Å². The summed E-state index contributed by atoms with van der Waals surface area (Å²) < 4.78 is 6.88. The van der Waals surface area contributed by atoms with Crippen LogP contribution < -0.4 is 10.6 Å². The topological polar surface area (TPSA) is 51.1 Å². The number of aryl methyl sites for hydroxylation is 1. The van der Waals surface area contributed by atoms with Crippen molar-refractivity contribution in [3.05, 3.63) is 18.2 Å². The number of aromatic nitrogens is 2. The Morgan fingerprint density at radius 1 is 1.33 bits per heavy atom. The molecule has 0 bridgehead atoms. The summed E-state index contributed by atoms with van der Waals surface area (Å²) in [5.41, 5.74) is 1.08. The highest BCUT2D eigenvalue weighted by molar-refractivity contribution is 4.95.